The Morgan fingerprint density at radius 1 is 1.15 bits per heavy atom. The van der Waals surface area contributed by atoms with Crippen molar-refractivity contribution in [3.8, 4) is 0 Å². The van der Waals surface area contributed by atoms with E-state index in [1.54, 1.807) is 6.26 Å². The van der Waals surface area contributed by atoms with Crippen molar-refractivity contribution in [2.75, 3.05) is 20.6 Å². The zero-order valence-corrected chi connectivity index (χ0v) is 11.6. The highest BCUT2D eigenvalue weighted by molar-refractivity contribution is 5.19. The third-order valence-electron chi connectivity index (χ3n) is 3.20. The Kier molecular flexibility index (Phi) is 4.87. The molecule has 1 unspecified atom stereocenters. The maximum atomic E-state index is 13.5. The average molecular weight is 280 g/mol. The molecule has 1 atom stereocenters. The molecule has 0 bridgehead atoms. The monoisotopic (exact) mass is 280 g/mol. The van der Waals surface area contributed by atoms with Gasteiger partial charge in [-0.3, -0.25) is 4.90 Å². The fourth-order valence-corrected chi connectivity index (χ4v) is 2.05. The van der Waals surface area contributed by atoms with E-state index >= 15 is 0 Å². The van der Waals surface area contributed by atoms with Gasteiger partial charge in [-0.2, -0.15) is 0 Å². The van der Waals surface area contributed by atoms with E-state index in [1.165, 1.54) is 18.2 Å². The predicted molar refractivity (Wildman–Crippen MR) is 73.2 cm³/mol. The van der Waals surface area contributed by atoms with Gasteiger partial charge < -0.3 is 9.73 Å². The summed E-state index contributed by atoms with van der Waals surface area (Å²) in [7, 11) is 3.86. The largest absolute Gasteiger partial charge is 0.468 e. The molecule has 0 aliphatic rings. The number of hydrogen-bond acceptors (Lipinski definition) is 3. The zero-order chi connectivity index (χ0) is 14.5. The molecule has 20 heavy (non-hydrogen) atoms. The number of furan rings is 1. The van der Waals surface area contributed by atoms with Crippen molar-refractivity contribution >= 4 is 0 Å². The number of nitrogens with zero attached hydrogens (tertiary/aromatic N) is 1. The Morgan fingerprint density at radius 3 is 2.40 bits per heavy atom. The van der Waals surface area contributed by atoms with E-state index in [0.717, 1.165) is 5.76 Å². The third-order valence-corrected chi connectivity index (χ3v) is 3.20. The van der Waals surface area contributed by atoms with Gasteiger partial charge in [-0.05, 0) is 38.4 Å². The topological polar surface area (TPSA) is 28.4 Å². The molecule has 108 valence electrons. The second-order valence-corrected chi connectivity index (χ2v) is 4.83. The van der Waals surface area contributed by atoms with Crippen LogP contribution in [0.3, 0.4) is 0 Å². The van der Waals surface area contributed by atoms with Crippen molar-refractivity contribution in [1.29, 1.82) is 0 Å². The Morgan fingerprint density at radius 2 is 1.85 bits per heavy atom. The molecule has 2 aromatic rings. The van der Waals surface area contributed by atoms with Crippen LogP contribution in [0.25, 0.3) is 0 Å². The number of rotatable bonds is 6. The van der Waals surface area contributed by atoms with Crippen LogP contribution in [0, 0.1) is 11.6 Å². The predicted octanol–water partition coefficient (Wildman–Crippen LogP) is 2.95. The highest BCUT2D eigenvalue weighted by Gasteiger charge is 2.17. The van der Waals surface area contributed by atoms with Gasteiger partial charge in [-0.1, -0.05) is 6.07 Å². The standard InChI is InChI=1S/C15H18F2N2O/c1-19(2)14(15-7-4-8-20-15)10-18-9-11-12(16)5-3-6-13(11)17/h3-8,14,18H,9-10H2,1-2H3. The van der Waals surface area contributed by atoms with Crippen molar-refractivity contribution in [3.05, 3.63) is 59.6 Å². The van der Waals surface area contributed by atoms with Crippen molar-refractivity contribution in [2.24, 2.45) is 0 Å². The molecular formula is C15H18F2N2O. The van der Waals surface area contributed by atoms with Gasteiger partial charge in [0.2, 0.25) is 0 Å². The smallest absolute Gasteiger partial charge is 0.130 e. The lowest BCUT2D eigenvalue weighted by molar-refractivity contribution is 0.249. The van der Waals surface area contributed by atoms with Crippen molar-refractivity contribution in [3.63, 3.8) is 0 Å². The first-order valence-electron chi connectivity index (χ1n) is 6.43. The summed E-state index contributed by atoms with van der Waals surface area (Å²) in [5.41, 5.74) is 0.0597. The van der Waals surface area contributed by atoms with Gasteiger partial charge in [-0.25, -0.2) is 8.78 Å². The van der Waals surface area contributed by atoms with Crippen LogP contribution in [-0.2, 0) is 6.54 Å². The molecule has 0 fully saturated rings. The molecule has 0 saturated carbocycles. The summed E-state index contributed by atoms with van der Waals surface area (Å²) < 4.78 is 32.4. The van der Waals surface area contributed by atoms with Crippen molar-refractivity contribution in [1.82, 2.24) is 10.2 Å². The SMILES string of the molecule is CN(C)C(CNCc1c(F)cccc1F)c1ccco1. The average Bonchev–Trinajstić information content (AvgIpc) is 2.90. The van der Waals surface area contributed by atoms with Crippen LogP contribution >= 0.6 is 0 Å². The molecule has 1 heterocycles. The fourth-order valence-electron chi connectivity index (χ4n) is 2.05. The van der Waals surface area contributed by atoms with Crippen molar-refractivity contribution in [2.45, 2.75) is 12.6 Å². The van der Waals surface area contributed by atoms with E-state index in [2.05, 4.69) is 5.32 Å². The number of nitrogens with one attached hydrogen (secondary N) is 1. The maximum Gasteiger partial charge on any atom is 0.130 e. The molecule has 5 heteroatoms. The summed E-state index contributed by atoms with van der Waals surface area (Å²) in [6.45, 7) is 0.678. The molecule has 0 spiro atoms. The Hall–Kier alpha value is -1.72. The minimum absolute atomic E-state index is 0.0137. The van der Waals surface area contributed by atoms with Crippen LogP contribution in [0.2, 0.25) is 0 Å². The minimum Gasteiger partial charge on any atom is -0.468 e. The summed E-state index contributed by atoms with van der Waals surface area (Å²) >= 11 is 0. The molecule has 0 aliphatic heterocycles. The Balaban J connectivity index is 1.97. The second kappa shape index (κ2) is 6.63. The van der Waals surface area contributed by atoms with Gasteiger partial charge in [-0.15, -0.1) is 0 Å². The molecule has 3 nitrogen and oxygen atoms in total. The number of halogens is 2. The fraction of sp³-hybridized carbons (Fsp3) is 0.333. The van der Waals surface area contributed by atoms with Crippen LogP contribution in [0.5, 0.6) is 0 Å². The molecule has 0 radical (unpaired) electrons. The molecule has 2 rings (SSSR count). The van der Waals surface area contributed by atoms with E-state index in [0.29, 0.717) is 6.54 Å². The van der Waals surface area contributed by atoms with Gasteiger partial charge in [0, 0.05) is 18.7 Å². The zero-order valence-electron chi connectivity index (χ0n) is 11.6. The molecule has 0 aliphatic carbocycles. The lowest BCUT2D eigenvalue weighted by Gasteiger charge is -2.22. The second-order valence-electron chi connectivity index (χ2n) is 4.83. The normalized spacial score (nSPS) is 12.8. The van der Waals surface area contributed by atoms with Gasteiger partial charge in [0.1, 0.15) is 17.4 Å². The molecule has 0 amide bonds. The molecule has 0 saturated heterocycles. The van der Waals surface area contributed by atoms with Crippen LogP contribution in [-0.4, -0.2) is 25.5 Å². The summed E-state index contributed by atoms with van der Waals surface area (Å²) in [6.07, 6.45) is 1.61. The van der Waals surface area contributed by atoms with E-state index in [1.807, 2.05) is 31.1 Å². The quantitative estimate of drug-likeness (QED) is 0.882. The molecular weight excluding hydrogens is 262 g/mol. The molecule has 1 aromatic carbocycles. The van der Waals surface area contributed by atoms with E-state index in [4.69, 9.17) is 4.42 Å². The van der Waals surface area contributed by atoms with E-state index in [9.17, 15) is 8.78 Å². The van der Waals surface area contributed by atoms with E-state index < -0.39 is 11.6 Å². The highest BCUT2D eigenvalue weighted by Crippen LogP contribution is 2.18. The van der Waals surface area contributed by atoms with E-state index in [-0.39, 0.29) is 18.2 Å². The Bertz CT molecular complexity index is 521. The number of likely N-dealkylation sites (N-methyl/N-ethyl adjacent to an activating group) is 1. The minimum atomic E-state index is -0.531. The Labute approximate surface area is 117 Å². The first-order valence-corrected chi connectivity index (χ1v) is 6.43. The molecule has 1 N–H and O–H groups in total. The van der Waals surface area contributed by atoms with Gasteiger partial charge in [0.05, 0.1) is 12.3 Å². The lowest BCUT2D eigenvalue weighted by Crippen LogP contribution is -2.31. The summed E-state index contributed by atoms with van der Waals surface area (Å²) in [5.74, 6) is -0.245. The van der Waals surface area contributed by atoms with Crippen molar-refractivity contribution < 1.29 is 13.2 Å². The maximum absolute atomic E-state index is 13.5. The number of benzene rings is 1. The van der Waals surface area contributed by atoms with Gasteiger partial charge >= 0.3 is 0 Å². The lowest BCUT2D eigenvalue weighted by atomic mass is 10.1. The van der Waals surface area contributed by atoms with Gasteiger partial charge in [0.25, 0.3) is 0 Å². The summed E-state index contributed by atoms with van der Waals surface area (Å²) in [6, 6.07) is 7.60. The number of hydrogen-bond donors (Lipinski definition) is 1. The summed E-state index contributed by atoms with van der Waals surface area (Å²) in [4.78, 5) is 1.99. The molecule has 1 aromatic heterocycles. The first kappa shape index (κ1) is 14.7. The van der Waals surface area contributed by atoms with Crippen LogP contribution in [0.4, 0.5) is 8.78 Å². The van der Waals surface area contributed by atoms with Crippen LogP contribution in [0.15, 0.2) is 41.0 Å². The first-order chi connectivity index (χ1) is 9.59. The van der Waals surface area contributed by atoms with Crippen LogP contribution in [0.1, 0.15) is 17.4 Å². The third kappa shape index (κ3) is 3.43. The van der Waals surface area contributed by atoms with Crippen LogP contribution < -0.4 is 5.32 Å². The highest BCUT2D eigenvalue weighted by atomic mass is 19.1. The summed E-state index contributed by atoms with van der Waals surface area (Å²) in [5, 5.41) is 3.07. The van der Waals surface area contributed by atoms with Gasteiger partial charge in [0.15, 0.2) is 0 Å².